The lowest BCUT2D eigenvalue weighted by Crippen LogP contribution is -2.38. The number of hydrogen-bond acceptors (Lipinski definition) is 2. The molecule has 88 valence electrons. The first-order valence-corrected chi connectivity index (χ1v) is 6.08. The Morgan fingerprint density at radius 3 is 2.53 bits per heavy atom. The van der Waals surface area contributed by atoms with Gasteiger partial charge in [0.2, 0.25) is 0 Å². The van der Waals surface area contributed by atoms with E-state index in [0.29, 0.717) is 6.54 Å². The molecule has 1 aliphatic rings. The largest absolute Gasteiger partial charge is 0.481 e. The molecule has 15 heavy (non-hydrogen) atoms. The Bertz CT molecular complexity index is 198. The van der Waals surface area contributed by atoms with Crippen LogP contribution >= 0.6 is 0 Å². The summed E-state index contributed by atoms with van der Waals surface area (Å²) in [7, 11) is 0. The van der Waals surface area contributed by atoms with E-state index in [1.807, 2.05) is 0 Å². The molecule has 0 bridgehead atoms. The molecule has 0 aromatic rings. The second kappa shape index (κ2) is 6.11. The summed E-state index contributed by atoms with van der Waals surface area (Å²) in [4.78, 5) is 13.0. The van der Waals surface area contributed by atoms with Crippen LogP contribution in [0.4, 0.5) is 0 Å². The standard InChI is InChI=1S/C12H23NO2/c1-3-4-11-5-7-13(8-6-11)9-10(2)12(14)15/h10-11H,3-9H2,1-2H3,(H,14,15). The Labute approximate surface area is 92.5 Å². The summed E-state index contributed by atoms with van der Waals surface area (Å²) in [6.07, 6.45) is 5.11. The zero-order valence-electron chi connectivity index (χ0n) is 9.91. The highest BCUT2D eigenvalue weighted by Gasteiger charge is 2.21. The van der Waals surface area contributed by atoms with E-state index in [9.17, 15) is 4.79 Å². The fraction of sp³-hybridized carbons (Fsp3) is 0.917. The van der Waals surface area contributed by atoms with Gasteiger partial charge >= 0.3 is 5.97 Å². The highest BCUT2D eigenvalue weighted by molar-refractivity contribution is 5.69. The topological polar surface area (TPSA) is 40.5 Å². The zero-order valence-corrected chi connectivity index (χ0v) is 9.91. The molecule has 3 heteroatoms. The third-order valence-electron chi connectivity index (χ3n) is 3.36. The predicted octanol–water partition coefficient (Wildman–Crippen LogP) is 2.22. The van der Waals surface area contributed by atoms with Crippen molar-refractivity contribution in [2.24, 2.45) is 11.8 Å². The highest BCUT2D eigenvalue weighted by Crippen LogP contribution is 2.22. The van der Waals surface area contributed by atoms with Crippen LogP contribution in [0.5, 0.6) is 0 Å². The quantitative estimate of drug-likeness (QED) is 0.761. The molecule has 1 rings (SSSR count). The average Bonchev–Trinajstić information content (AvgIpc) is 2.21. The van der Waals surface area contributed by atoms with Gasteiger partial charge in [-0.05, 0) is 31.8 Å². The number of carbonyl (C=O) groups is 1. The Morgan fingerprint density at radius 2 is 2.07 bits per heavy atom. The summed E-state index contributed by atoms with van der Waals surface area (Å²) in [6, 6.07) is 0. The van der Waals surface area contributed by atoms with Crippen molar-refractivity contribution in [2.45, 2.75) is 39.5 Å². The smallest absolute Gasteiger partial charge is 0.307 e. The van der Waals surface area contributed by atoms with Crippen LogP contribution in [0.2, 0.25) is 0 Å². The monoisotopic (exact) mass is 213 g/mol. The van der Waals surface area contributed by atoms with E-state index in [1.165, 1.54) is 25.7 Å². The van der Waals surface area contributed by atoms with E-state index in [4.69, 9.17) is 5.11 Å². The van der Waals surface area contributed by atoms with Gasteiger partial charge in [0.1, 0.15) is 0 Å². The number of carboxylic acids is 1. The molecule has 1 atom stereocenters. The van der Waals surface area contributed by atoms with Crippen LogP contribution in [0.15, 0.2) is 0 Å². The molecular formula is C12H23NO2. The molecule has 0 aromatic heterocycles. The number of piperidine rings is 1. The van der Waals surface area contributed by atoms with Gasteiger partial charge in [0.15, 0.2) is 0 Å². The van der Waals surface area contributed by atoms with E-state index in [1.54, 1.807) is 6.92 Å². The van der Waals surface area contributed by atoms with Gasteiger partial charge in [0.25, 0.3) is 0 Å². The molecule has 3 nitrogen and oxygen atoms in total. The lowest BCUT2D eigenvalue weighted by molar-refractivity contribution is -0.141. The summed E-state index contributed by atoms with van der Waals surface area (Å²) < 4.78 is 0. The lowest BCUT2D eigenvalue weighted by Gasteiger charge is -2.32. The fourth-order valence-corrected chi connectivity index (χ4v) is 2.33. The second-order valence-corrected chi connectivity index (χ2v) is 4.77. The van der Waals surface area contributed by atoms with Crippen LogP contribution in [0.3, 0.4) is 0 Å². The lowest BCUT2D eigenvalue weighted by atomic mass is 9.92. The predicted molar refractivity (Wildman–Crippen MR) is 60.9 cm³/mol. The van der Waals surface area contributed by atoms with Crippen molar-refractivity contribution >= 4 is 5.97 Å². The molecule has 0 amide bonds. The maximum absolute atomic E-state index is 10.7. The van der Waals surface area contributed by atoms with E-state index in [0.717, 1.165) is 19.0 Å². The van der Waals surface area contributed by atoms with Gasteiger partial charge < -0.3 is 10.0 Å². The summed E-state index contributed by atoms with van der Waals surface area (Å²) >= 11 is 0. The maximum atomic E-state index is 10.7. The molecule has 0 spiro atoms. The Hall–Kier alpha value is -0.570. The molecule has 0 aromatic carbocycles. The first kappa shape index (κ1) is 12.5. The van der Waals surface area contributed by atoms with Crippen molar-refractivity contribution in [3.8, 4) is 0 Å². The van der Waals surface area contributed by atoms with E-state index < -0.39 is 5.97 Å². The minimum Gasteiger partial charge on any atom is -0.481 e. The number of likely N-dealkylation sites (tertiary alicyclic amines) is 1. The molecule has 0 aliphatic carbocycles. The first-order chi connectivity index (χ1) is 7.13. The SMILES string of the molecule is CCCC1CCN(CC(C)C(=O)O)CC1. The molecule has 1 fully saturated rings. The van der Waals surface area contributed by atoms with Gasteiger partial charge in [0, 0.05) is 6.54 Å². The van der Waals surface area contributed by atoms with Gasteiger partial charge in [0.05, 0.1) is 5.92 Å². The van der Waals surface area contributed by atoms with Crippen LogP contribution in [-0.2, 0) is 4.79 Å². The molecule has 1 aliphatic heterocycles. The van der Waals surface area contributed by atoms with Crippen molar-refractivity contribution in [2.75, 3.05) is 19.6 Å². The first-order valence-electron chi connectivity index (χ1n) is 6.08. The van der Waals surface area contributed by atoms with Gasteiger partial charge in [-0.2, -0.15) is 0 Å². The highest BCUT2D eigenvalue weighted by atomic mass is 16.4. The third kappa shape index (κ3) is 4.20. The molecule has 1 heterocycles. The summed E-state index contributed by atoms with van der Waals surface area (Å²) in [5, 5.41) is 8.82. The van der Waals surface area contributed by atoms with E-state index in [2.05, 4.69) is 11.8 Å². The van der Waals surface area contributed by atoms with E-state index >= 15 is 0 Å². The molecule has 0 radical (unpaired) electrons. The van der Waals surface area contributed by atoms with Crippen molar-refractivity contribution in [1.29, 1.82) is 0 Å². The fourth-order valence-electron chi connectivity index (χ4n) is 2.33. The van der Waals surface area contributed by atoms with Gasteiger partial charge in [-0.15, -0.1) is 0 Å². The molecule has 1 N–H and O–H groups in total. The number of nitrogens with zero attached hydrogens (tertiary/aromatic N) is 1. The van der Waals surface area contributed by atoms with Gasteiger partial charge in [-0.1, -0.05) is 26.7 Å². The summed E-state index contributed by atoms with van der Waals surface area (Å²) in [5.74, 6) is -0.0233. The minimum atomic E-state index is -0.675. The Morgan fingerprint density at radius 1 is 1.47 bits per heavy atom. The maximum Gasteiger partial charge on any atom is 0.307 e. The molecular weight excluding hydrogens is 190 g/mol. The van der Waals surface area contributed by atoms with Crippen molar-refractivity contribution in [3.05, 3.63) is 0 Å². The van der Waals surface area contributed by atoms with Gasteiger partial charge in [-0.3, -0.25) is 4.79 Å². The Balaban J connectivity index is 2.22. The molecule has 1 saturated heterocycles. The Kier molecular flexibility index (Phi) is 5.09. The number of rotatable bonds is 5. The van der Waals surface area contributed by atoms with Crippen LogP contribution in [0.25, 0.3) is 0 Å². The summed E-state index contributed by atoms with van der Waals surface area (Å²) in [5.41, 5.74) is 0. The third-order valence-corrected chi connectivity index (χ3v) is 3.36. The van der Waals surface area contributed by atoms with Crippen LogP contribution in [0.1, 0.15) is 39.5 Å². The van der Waals surface area contributed by atoms with Crippen LogP contribution < -0.4 is 0 Å². The summed E-state index contributed by atoms with van der Waals surface area (Å²) in [6.45, 7) is 6.91. The average molecular weight is 213 g/mol. The number of carboxylic acid groups (broad SMARTS) is 1. The normalized spacial score (nSPS) is 21.5. The van der Waals surface area contributed by atoms with Crippen molar-refractivity contribution < 1.29 is 9.90 Å². The van der Waals surface area contributed by atoms with Crippen LogP contribution in [0, 0.1) is 11.8 Å². The van der Waals surface area contributed by atoms with E-state index in [-0.39, 0.29) is 5.92 Å². The second-order valence-electron chi connectivity index (χ2n) is 4.77. The van der Waals surface area contributed by atoms with Gasteiger partial charge in [-0.25, -0.2) is 0 Å². The number of aliphatic carboxylic acids is 1. The zero-order chi connectivity index (χ0) is 11.3. The molecule has 1 unspecified atom stereocenters. The molecule has 0 saturated carbocycles. The minimum absolute atomic E-state index is 0.229. The number of hydrogen-bond donors (Lipinski definition) is 1. The van der Waals surface area contributed by atoms with Crippen LogP contribution in [-0.4, -0.2) is 35.6 Å². The van der Waals surface area contributed by atoms with Crippen molar-refractivity contribution in [3.63, 3.8) is 0 Å². The van der Waals surface area contributed by atoms with Crippen molar-refractivity contribution in [1.82, 2.24) is 4.90 Å².